The van der Waals surface area contributed by atoms with Gasteiger partial charge in [0.05, 0.1) is 24.1 Å². The first-order valence-corrected chi connectivity index (χ1v) is 13.7. The molecule has 0 saturated carbocycles. The maximum absolute atomic E-state index is 13.2. The molecule has 6 nitrogen and oxygen atoms in total. The Morgan fingerprint density at radius 1 is 0.925 bits per heavy atom. The maximum Gasteiger partial charge on any atom is 0.309 e. The van der Waals surface area contributed by atoms with Crippen LogP contribution in [0.4, 0.5) is 0 Å². The smallest absolute Gasteiger partial charge is 0.309 e. The van der Waals surface area contributed by atoms with E-state index in [2.05, 4.69) is 5.32 Å². The summed E-state index contributed by atoms with van der Waals surface area (Å²) in [5.74, 6) is -1.41. The number of rotatable bonds is 11. The first kappa shape index (κ1) is 30.8. The monoisotopic (exact) mass is 542 g/mol. The van der Waals surface area contributed by atoms with Crippen LogP contribution in [0.5, 0.6) is 0 Å². The summed E-state index contributed by atoms with van der Waals surface area (Å²) in [5, 5.41) is 14.5. The summed E-state index contributed by atoms with van der Waals surface area (Å²) in [7, 11) is 0. The number of hydrogen-bond acceptors (Lipinski definition) is 5. The molecule has 1 unspecified atom stereocenters. The molecule has 0 aliphatic rings. The molecule has 0 bridgehead atoms. The lowest BCUT2D eigenvalue weighted by Gasteiger charge is -2.32. The molecular formula is C34H42N2O4. The Morgan fingerprint density at radius 3 is 2.08 bits per heavy atom. The number of aliphatic hydroxyl groups is 1. The summed E-state index contributed by atoms with van der Waals surface area (Å²) in [5.41, 5.74) is 10.8. The number of esters is 1. The van der Waals surface area contributed by atoms with Crippen molar-refractivity contribution in [2.45, 2.75) is 71.2 Å². The molecule has 40 heavy (non-hydrogen) atoms. The van der Waals surface area contributed by atoms with E-state index in [1.165, 1.54) is 6.08 Å². The van der Waals surface area contributed by atoms with Crippen molar-refractivity contribution in [2.75, 3.05) is 0 Å². The number of aryl methyl sites for hydroxylation is 2. The van der Waals surface area contributed by atoms with E-state index in [0.717, 1.165) is 27.8 Å². The second kappa shape index (κ2) is 14.1. The highest BCUT2D eigenvalue weighted by Crippen LogP contribution is 2.25. The zero-order chi connectivity index (χ0) is 29.3. The standard InChI is InChI=1S/C34H42N2O4/c1-23-13-12-14-24(2)28(23)19-20-30(38)36-32(31(35)26-17-10-7-11-18-26)29(37)22-27(33(39)40-34(3,4)5)21-25-15-8-6-9-16-25/h6-20,27,29,31-32,37H,21-22,35H2,1-5H3,(H,36,38)/b20-19+/t27-,29-,31?,32+/m0/s1. The van der Waals surface area contributed by atoms with Gasteiger partial charge in [-0.3, -0.25) is 9.59 Å². The SMILES string of the molecule is Cc1cccc(C)c1/C=C/C(=O)N[C@@H](C(N)c1ccccc1)[C@@H](O)C[C@H](Cc1ccccc1)C(=O)OC(C)(C)C. The molecule has 0 heterocycles. The highest BCUT2D eigenvalue weighted by Gasteiger charge is 2.34. The van der Waals surface area contributed by atoms with Gasteiger partial charge in [0.2, 0.25) is 5.91 Å². The number of nitrogens with one attached hydrogen (secondary N) is 1. The molecule has 3 rings (SSSR count). The van der Waals surface area contributed by atoms with Crippen LogP contribution in [0.25, 0.3) is 6.08 Å². The third kappa shape index (κ3) is 9.18. The van der Waals surface area contributed by atoms with E-state index in [1.807, 2.05) is 113 Å². The molecule has 3 aromatic rings. The van der Waals surface area contributed by atoms with Gasteiger partial charge < -0.3 is 20.9 Å². The van der Waals surface area contributed by atoms with Crippen molar-refractivity contribution in [3.05, 3.63) is 113 Å². The van der Waals surface area contributed by atoms with Crippen LogP contribution in [0.15, 0.2) is 84.9 Å². The van der Waals surface area contributed by atoms with Crippen LogP contribution in [0, 0.1) is 19.8 Å². The van der Waals surface area contributed by atoms with Gasteiger partial charge >= 0.3 is 5.97 Å². The molecule has 0 aliphatic carbocycles. The minimum atomic E-state index is -1.12. The number of aliphatic hydroxyl groups excluding tert-OH is 1. The van der Waals surface area contributed by atoms with Crippen LogP contribution in [0.3, 0.4) is 0 Å². The fourth-order valence-corrected chi connectivity index (χ4v) is 4.75. The van der Waals surface area contributed by atoms with Crippen molar-refractivity contribution in [3.63, 3.8) is 0 Å². The Balaban J connectivity index is 1.87. The number of hydrogen-bond donors (Lipinski definition) is 3. The minimum Gasteiger partial charge on any atom is -0.460 e. The molecule has 4 N–H and O–H groups in total. The molecule has 6 heteroatoms. The van der Waals surface area contributed by atoms with Gasteiger partial charge in [-0.1, -0.05) is 78.9 Å². The summed E-state index contributed by atoms with van der Waals surface area (Å²) < 4.78 is 5.71. The van der Waals surface area contributed by atoms with Crippen molar-refractivity contribution in [3.8, 4) is 0 Å². The molecule has 0 saturated heterocycles. The number of amides is 1. The van der Waals surface area contributed by atoms with Crippen molar-refractivity contribution < 1.29 is 19.4 Å². The number of nitrogens with two attached hydrogens (primary N) is 1. The predicted molar refractivity (Wildman–Crippen MR) is 160 cm³/mol. The van der Waals surface area contributed by atoms with E-state index in [9.17, 15) is 14.7 Å². The van der Waals surface area contributed by atoms with Crippen molar-refractivity contribution in [2.24, 2.45) is 11.7 Å². The van der Waals surface area contributed by atoms with Crippen LogP contribution >= 0.6 is 0 Å². The minimum absolute atomic E-state index is 0.0654. The van der Waals surface area contributed by atoms with E-state index < -0.39 is 35.7 Å². The average Bonchev–Trinajstić information content (AvgIpc) is 2.90. The zero-order valence-corrected chi connectivity index (χ0v) is 24.1. The number of carbonyl (C=O) groups excluding carboxylic acids is 2. The second-order valence-corrected chi connectivity index (χ2v) is 11.3. The van der Waals surface area contributed by atoms with Crippen LogP contribution < -0.4 is 11.1 Å². The molecule has 3 aromatic carbocycles. The lowest BCUT2D eigenvalue weighted by molar-refractivity contribution is -0.161. The largest absolute Gasteiger partial charge is 0.460 e. The molecule has 0 spiro atoms. The molecule has 0 radical (unpaired) electrons. The molecule has 4 atom stereocenters. The van der Waals surface area contributed by atoms with E-state index in [-0.39, 0.29) is 12.3 Å². The molecule has 0 aliphatic heterocycles. The van der Waals surface area contributed by atoms with Crippen LogP contribution in [-0.4, -0.2) is 34.7 Å². The molecule has 212 valence electrons. The van der Waals surface area contributed by atoms with Crippen LogP contribution in [0.2, 0.25) is 0 Å². The lowest BCUT2D eigenvalue weighted by Crippen LogP contribution is -2.50. The van der Waals surface area contributed by atoms with Gasteiger partial charge in [0, 0.05) is 6.08 Å². The number of ether oxygens (including phenoxy) is 1. The normalized spacial score (nSPS) is 14.8. The maximum atomic E-state index is 13.2. The quantitative estimate of drug-likeness (QED) is 0.221. The fraction of sp³-hybridized carbons (Fsp3) is 0.353. The van der Waals surface area contributed by atoms with Gasteiger partial charge in [-0.15, -0.1) is 0 Å². The Labute approximate surface area is 238 Å². The fourth-order valence-electron chi connectivity index (χ4n) is 4.75. The third-order valence-corrected chi connectivity index (χ3v) is 6.83. The van der Waals surface area contributed by atoms with E-state index >= 15 is 0 Å². The molecule has 1 amide bonds. The van der Waals surface area contributed by atoms with Gasteiger partial charge in [-0.25, -0.2) is 0 Å². The lowest BCUT2D eigenvalue weighted by atomic mass is 9.87. The van der Waals surface area contributed by atoms with Gasteiger partial charge in [-0.05, 0) is 81.4 Å². The molecular weight excluding hydrogens is 500 g/mol. The Bertz CT molecular complexity index is 1260. The zero-order valence-electron chi connectivity index (χ0n) is 24.1. The summed E-state index contributed by atoms with van der Waals surface area (Å²) in [6, 6.07) is 23.3. The Hall–Kier alpha value is -3.74. The van der Waals surface area contributed by atoms with Crippen LogP contribution in [-0.2, 0) is 20.7 Å². The predicted octanol–water partition coefficient (Wildman–Crippen LogP) is 5.45. The van der Waals surface area contributed by atoms with Crippen molar-refractivity contribution in [1.29, 1.82) is 0 Å². The van der Waals surface area contributed by atoms with Gasteiger partial charge in [0.1, 0.15) is 5.60 Å². The van der Waals surface area contributed by atoms with E-state index in [0.29, 0.717) is 6.42 Å². The van der Waals surface area contributed by atoms with Crippen molar-refractivity contribution >= 4 is 18.0 Å². The first-order valence-electron chi connectivity index (χ1n) is 13.7. The Kier molecular flexibility index (Phi) is 10.8. The van der Waals surface area contributed by atoms with Crippen molar-refractivity contribution in [1.82, 2.24) is 5.32 Å². The number of benzene rings is 3. The topological polar surface area (TPSA) is 102 Å². The Morgan fingerprint density at radius 2 is 1.50 bits per heavy atom. The highest BCUT2D eigenvalue weighted by atomic mass is 16.6. The average molecular weight is 543 g/mol. The van der Waals surface area contributed by atoms with Crippen LogP contribution in [0.1, 0.15) is 61.1 Å². The molecule has 0 aromatic heterocycles. The summed E-state index contributed by atoms with van der Waals surface area (Å²) >= 11 is 0. The van der Waals surface area contributed by atoms with Gasteiger partial charge in [0.15, 0.2) is 0 Å². The van der Waals surface area contributed by atoms with E-state index in [4.69, 9.17) is 10.5 Å². The third-order valence-electron chi connectivity index (χ3n) is 6.83. The van der Waals surface area contributed by atoms with Gasteiger partial charge in [-0.2, -0.15) is 0 Å². The highest BCUT2D eigenvalue weighted by molar-refractivity contribution is 5.92. The summed E-state index contributed by atoms with van der Waals surface area (Å²) in [4.78, 5) is 26.4. The van der Waals surface area contributed by atoms with E-state index in [1.54, 1.807) is 6.08 Å². The summed E-state index contributed by atoms with van der Waals surface area (Å²) in [6.45, 7) is 9.44. The second-order valence-electron chi connectivity index (χ2n) is 11.3. The summed E-state index contributed by atoms with van der Waals surface area (Å²) in [6.07, 6.45) is 2.57. The number of carbonyl (C=O) groups is 2. The molecule has 0 fully saturated rings. The van der Waals surface area contributed by atoms with Gasteiger partial charge in [0.25, 0.3) is 0 Å². The first-order chi connectivity index (χ1) is 18.9.